The van der Waals surface area contributed by atoms with E-state index >= 15 is 0 Å². The van der Waals surface area contributed by atoms with Crippen LogP contribution in [0.4, 0.5) is 4.79 Å². The van der Waals surface area contributed by atoms with Gasteiger partial charge in [0.25, 0.3) is 0 Å². The summed E-state index contributed by atoms with van der Waals surface area (Å²) in [5, 5.41) is 9.35. The van der Waals surface area contributed by atoms with Gasteiger partial charge in [0, 0.05) is 32.7 Å². The molecule has 0 spiro atoms. The molecule has 21 heavy (non-hydrogen) atoms. The average Bonchev–Trinajstić information content (AvgIpc) is 2.79. The van der Waals surface area contributed by atoms with Crippen molar-refractivity contribution in [1.82, 2.24) is 24.7 Å². The molecule has 8 nitrogen and oxygen atoms in total. The molecule has 1 aromatic heterocycles. The third kappa shape index (κ3) is 3.03. The number of rotatable bonds is 3. The average molecular weight is 315 g/mol. The fourth-order valence-corrected chi connectivity index (χ4v) is 4.20. The molecule has 1 aliphatic heterocycles. The first kappa shape index (κ1) is 15.8. The summed E-state index contributed by atoms with van der Waals surface area (Å²) in [6, 6.07) is -0.148. The molecule has 2 rings (SSSR count). The van der Waals surface area contributed by atoms with Crippen LogP contribution in [0.15, 0.2) is 4.90 Å². The molecule has 0 unspecified atom stereocenters. The highest BCUT2D eigenvalue weighted by atomic mass is 32.2. The first-order valence-corrected chi connectivity index (χ1v) is 8.36. The van der Waals surface area contributed by atoms with Crippen molar-refractivity contribution in [2.24, 2.45) is 0 Å². The molecule has 0 saturated carbocycles. The molecule has 2 N–H and O–H groups in total. The minimum atomic E-state index is -3.56. The lowest BCUT2D eigenvalue weighted by molar-refractivity contribution is 0.173. The van der Waals surface area contributed by atoms with Gasteiger partial charge < -0.3 is 10.2 Å². The zero-order valence-corrected chi connectivity index (χ0v) is 13.3. The number of nitrogens with one attached hydrogen (secondary N) is 2. The second kappa shape index (κ2) is 6.02. The quantitative estimate of drug-likeness (QED) is 0.824. The van der Waals surface area contributed by atoms with Crippen LogP contribution in [0.1, 0.15) is 18.3 Å². The van der Waals surface area contributed by atoms with Crippen LogP contribution in [0.25, 0.3) is 0 Å². The molecular formula is C12H21N5O3S. The molecular weight excluding hydrogens is 294 g/mol. The Morgan fingerprint density at radius 1 is 1.29 bits per heavy atom. The number of aryl methyl sites for hydroxylation is 2. The Morgan fingerprint density at radius 2 is 1.90 bits per heavy atom. The lowest BCUT2D eigenvalue weighted by atomic mass is 10.4. The largest absolute Gasteiger partial charge is 0.338 e. The lowest BCUT2D eigenvalue weighted by Crippen LogP contribution is -2.53. The number of carbonyl (C=O) groups is 1. The zero-order valence-electron chi connectivity index (χ0n) is 12.5. The van der Waals surface area contributed by atoms with Crippen LogP contribution in [0.3, 0.4) is 0 Å². The number of hydrogen-bond donors (Lipinski definition) is 2. The van der Waals surface area contributed by atoms with Crippen LogP contribution in [-0.4, -0.2) is 66.6 Å². The van der Waals surface area contributed by atoms with E-state index in [1.165, 1.54) is 4.31 Å². The molecule has 2 heterocycles. The van der Waals surface area contributed by atoms with Gasteiger partial charge in [-0.1, -0.05) is 0 Å². The van der Waals surface area contributed by atoms with Crippen LogP contribution < -0.4 is 5.32 Å². The fraction of sp³-hybridized carbons (Fsp3) is 0.667. The van der Waals surface area contributed by atoms with E-state index in [2.05, 4.69) is 15.5 Å². The van der Waals surface area contributed by atoms with Crippen molar-refractivity contribution in [1.29, 1.82) is 0 Å². The van der Waals surface area contributed by atoms with Gasteiger partial charge in [-0.3, -0.25) is 5.10 Å². The normalized spacial score (nSPS) is 17.0. The second-order valence-electron chi connectivity index (χ2n) is 4.99. The Hall–Kier alpha value is -1.61. The lowest BCUT2D eigenvalue weighted by Gasteiger charge is -2.33. The van der Waals surface area contributed by atoms with E-state index < -0.39 is 10.0 Å². The van der Waals surface area contributed by atoms with Gasteiger partial charge in [-0.2, -0.15) is 9.40 Å². The maximum Gasteiger partial charge on any atom is 0.317 e. The highest BCUT2D eigenvalue weighted by Gasteiger charge is 2.33. The van der Waals surface area contributed by atoms with Gasteiger partial charge in [0.2, 0.25) is 10.0 Å². The molecule has 2 amide bonds. The Morgan fingerprint density at radius 3 is 2.38 bits per heavy atom. The number of H-pyrrole nitrogens is 1. The number of urea groups is 1. The van der Waals surface area contributed by atoms with Crippen LogP contribution in [0, 0.1) is 13.8 Å². The predicted octanol–water partition coefficient (Wildman–Crippen LogP) is 0.0623. The van der Waals surface area contributed by atoms with E-state index in [4.69, 9.17) is 0 Å². The summed E-state index contributed by atoms with van der Waals surface area (Å²) in [5.74, 6) is 0. The van der Waals surface area contributed by atoms with Crippen molar-refractivity contribution in [2.45, 2.75) is 25.7 Å². The van der Waals surface area contributed by atoms with Crippen LogP contribution in [0.2, 0.25) is 0 Å². The maximum atomic E-state index is 12.6. The topological polar surface area (TPSA) is 98.4 Å². The summed E-state index contributed by atoms with van der Waals surface area (Å²) in [6.45, 7) is 7.14. The second-order valence-corrected chi connectivity index (χ2v) is 6.86. The smallest absolute Gasteiger partial charge is 0.317 e. The summed E-state index contributed by atoms with van der Waals surface area (Å²) >= 11 is 0. The molecule has 1 aliphatic rings. The van der Waals surface area contributed by atoms with Gasteiger partial charge in [0.15, 0.2) is 0 Å². The van der Waals surface area contributed by atoms with Crippen molar-refractivity contribution in [3.8, 4) is 0 Å². The summed E-state index contributed by atoms with van der Waals surface area (Å²) in [4.78, 5) is 13.6. The molecule has 1 aromatic rings. The van der Waals surface area contributed by atoms with Gasteiger partial charge in [-0.15, -0.1) is 0 Å². The number of sulfonamides is 1. The first-order valence-electron chi connectivity index (χ1n) is 6.92. The molecule has 0 aliphatic carbocycles. The number of aromatic nitrogens is 2. The molecule has 0 atom stereocenters. The van der Waals surface area contributed by atoms with Crippen LogP contribution in [-0.2, 0) is 10.0 Å². The fourth-order valence-electron chi connectivity index (χ4n) is 2.44. The third-order valence-corrected chi connectivity index (χ3v) is 5.67. The Bertz CT molecular complexity index is 597. The van der Waals surface area contributed by atoms with Crippen LogP contribution in [0.5, 0.6) is 0 Å². The van der Waals surface area contributed by atoms with Gasteiger partial charge in [0.05, 0.1) is 11.4 Å². The van der Waals surface area contributed by atoms with Crippen molar-refractivity contribution >= 4 is 16.1 Å². The van der Waals surface area contributed by atoms with E-state index in [9.17, 15) is 13.2 Å². The van der Waals surface area contributed by atoms with Crippen molar-refractivity contribution in [3.63, 3.8) is 0 Å². The minimum absolute atomic E-state index is 0.148. The maximum absolute atomic E-state index is 12.6. The molecule has 9 heteroatoms. The Kier molecular flexibility index (Phi) is 4.52. The molecule has 0 radical (unpaired) electrons. The highest BCUT2D eigenvalue weighted by molar-refractivity contribution is 7.89. The molecule has 0 aromatic carbocycles. The summed E-state index contributed by atoms with van der Waals surface area (Å²) in [6.07, 6.45) is 0. The number of hydrogen-bond acceptors (Lipinski definition) is 4. The number of nitrogens with zero attached hydrogens (tertiary/aromatic N) is 3. The monoisotopic (exact) mass is 315 g/mol. The van der Waals surface area contributed by atoms with E-state index in [-0.39, 0.29) is 10.9 Å². The third-order valence-electron chi connectivity index (χ3n) is 3.51. The van der Waals surface area contributed by atoms with Gasteiger partial charge in [-0.05, 0) is 20.8 Å². The number of aromatic amines is 1. The van der Waals surface area contributed by atoms with Gasteiger partial charge in [-0.25, -0.2) is 13.2 Å². The number of amides is 2. The zero-order chi connectivity index (χ0) is 15.6. The van der Waals surface area contributed by atoms with Crippen molar-refractivity contribution < 1.29 is 13.2 Å². The minimum Gasteiger partial charge on any atom is -0.338 e. The Labute approximate surface area is 124 Å². The van der Waals surface area contributed by atoms with E-state index in [1.807, 2.05) is 6.92 Å². The van der Waals surface area contributed by atoms with E-state index in [0.717, 1.165) is 0 Å². The predicted molar refractivity (Wildman–Crippen MR) is 77.5 cm³/mol. The van der Waals surface area contributed by atoms with E-state index in [1.54, 1.807) is 18.7 Å². The van der Waals surface area contributed by atoms with Crippen molar-refractivity contribution in [2.75, 3.05) is 32.7 Å². The van der Waals surface area contributed by atoms with Crippen LogP contribution >= 0.6 is 0 Å². The number of piperazine rings is 1. The van der Waals surface area contributed by atoms with Gasteiger partial charge in [0.1, 0.15) is 4.90 Å². The molecule has 118 valence electrons. The summed E-state index contributed by atoms with van der Waals surface area (Å²) < 4.78 is 26.7. The van der Waals surface area contributed by atoms with E-state index in [0.29, 0.717) is 44.1 Å². The highest BCUT2D eigenvalue weighted by Crippen LogP contribution is 2.22. The van der Waals surface area contributed by atoms with Crippen molar-refractivity contribution in [3.05, 3.63) is 11.4 Å². The SMILES string of the molecule is CCNC(=O)N1CCN(S(=O)(=O)c2c(C)n[nH]c2C)CC1. The Balaban J connectivity index is 2.10. The summed E-state index contributed by atoms with van der Waals surface area (Å²) in [7, 11) is -3.56. The molecule has 1 fully saturated rings. The van der Waals surface area contributed by atoms with Gasteiger partial charge >= 0.3 is 6.03 Å². The standard InChI is InChI=1S/C12H21N5O3S/c1-4-13-12(18)16-5-7-17(8-6-16)21(19,20)11-9(2)14-15-10(11)3/h4-8H2,1-3H3,(H,13,18)(H,14,15). The summed E-state index contributed by atoms with van der Waals surface area (Å²) in [5.41, 5.74) is 1.01. The molecule has 1 saturated heterocycles. The molecule has 0 bridgehead atoms. The number of carbonyl (C=O) groups excluding carboxylic acids is 1. The first-order chi connectivity index (χ1) is 9.87.